The second-order valence-electron chi connectivity index (χ2n) is 4.44. The van der Waals surface area contributed by atoms with Gasteiger partial charge in [0.25, 0.3) is 0 Å². The standard InChI is InChI=1S/C12H4F9NO/c13-10(14,15)4-1-5(11(16,17)18)9-6(2-4)22-8(3-7(9)23)12(19,20)21/h1-3H,(H,22,23). The zero-order chi connectivity index (χ0) is 17.8. The molecule has 0 fully saturated rings. The number of rotatable bonds is 0. The Bertz CT molecular complexity index is 753. The molecular weight excluding hydrogens is 345 g/mol. The molecule has 1 aromatic carbocycles. The average molecular weight is 349 g/mol. The molecule has 0 spiro atoms. The first-order valence-electron chi connectivity index (χ1n) is 5.60. The van der Waals surface area contributed by atoms with Gasteiger partial charge >= 0.3 is 18.5 Å². The summed E-state index contributed by atoms with van der Waals surface area (Å²) < 4.78 is 114. The van der Waals surface area contributed by atoms with Gasteiger partial charge in [-0.1, -0.05) is 0 Å². The van der Waals surface area contributed by atoms with Crippen LogP contribution in [0.5, 0.6) is 5.75 Å². The number of alkyl halides is 9. The maximum atomic E-state index is 12.9. The summed E-state index contributed by atoms with van der Waals surface area (Å²) in [7, 11) is 0. The minimum absolute atomic E-state index is 0.0134. The molecule has 0 aliphatic carbocycles. The Morgan fingerprint density at radius 3 is 1.74 bits per heavy atom. The van der Waals surface area contributed by atoms with Crippen LogP contribution in [0.25, 0.3) is 10.9 Å². The van der Waals surface area contributed by atoms with Crippen molar-refractivity contribution < 1.29 is 44.6 Å². The van der Waals surface area contributed by atoms with Crippen LogP contribution in [-0.2, 0) is 18.5 Å². The Labute approximate surface area is 121 Å². The summed E-state index contributed by atoms with van der Waals surface area (Å²) in [6, 6.07) is -0.360. The minimum Gasteiger partial charge on any atom is -0.507 e. The lowest BCUT2D eigenvalue weighted by atomic mass is 10.0. The summed E-state index contributed by atoms with van der Waals surface area (Å²) in [5, 5.41) is 8.19. The number of nitrogens with zero attached hydrogens (tertiary/aromatic N) is 1. The number of aromatic hydroxyl groups is 1. The lowest BCUT2D eigenvalue weighted by Gasteiger charge is -2.16. The predicted molar refractivity (Wildman–Crippen MR) is 58.4 cm³/mol. The van der Waals surface area contributed by atoms with Crippen molar-refractivity contribution in [1.29, 1.82) is 0 Å². The van der Waals surface area contributed by atoms with Crippen LogP contribution < -0.4 is 0 Å². The number of aromatic nitrogens is 1. The van der Waals surface area contributed by atoms with Gasteiger partial charge in [-0.15, -0.1) is 0 Å². The van der Waals surface area contributed by atoms with E-state index in [0.29, 0.717) is 0 Å². The van der Waals surface area contributed by atoms with Crippen LogP contribution in [0.1, 0.15) is 16.8 Å². The molecule has 0 aliphatic rings. The topological polar surface area (TPSA) is 33.1 Å². The van der Waals surface area contributed by atoms with Crippen LogP contribution in [0, 0.1) is 0 Å². The van der Waals surface area contributed by atoms with Gasteiger partial charge in [0.1, 0.15) is 11.4 Å². The van der Waals surface area contributed by atoms with E-state index in [-0.39, 0.29) is 18.2 Å². The van der Waals surface area contributed by atoms with E-state index in [1.165, 1.54) is 0 Å². The SMILES string of the molecule is Oc1cc(C(F)(F)F)nc2cc(C(F)(F)F)cc(C(F)(F)F)c12. The molecule has 11 heteroatoms. The predicted octanol–water partition coefficient (Wildman–Crippen LogP) is 5.00. The van der Waals surface area contributed by atoms with E-state index in [1.807, 2.05) is 0 Å². The average Bonchev–Trinajstić information content (AvgIpc) is 2.33. The molecule has 0 amide bonds. The number of pyridine rings is 1. The Morgan fingerprint density at radius 1 is 0.739 bits per heavy atom. The van der Waals surface area contributed by atoms with E-state index in [1.54, 1.807) is 0 Å². The number of benzene rings is 1. The molecule has 0 bridgehead atoms. The fourth-order valence-corrected chi connectivity index (χ4v) is 1.88. The molecule has 0 radical (unpaired) electrons. The van der Waals surface area contributed by atoms with Crippen molar-refractivity contribution in [2.75, 3.05) is 0 Å². The Balaban J connectivity index is 2.94. The lowest BCUT2D eigenvalue weighted by molar-refractivity contribution is -0.142. The molecule has 0 saturated heterocycles. The molecule has 2 aromatic rings. The molecule has 126 valence electrons. The summed E-state index contributed by atoms with van der Waals surface area (Å²) in [6.45, 7) is 0. The summed E-state index contributed by atoms with van der Waals surface area (Å²) in [6.07, 6.45) is -15.7. The van der Waals surface area contributed by atoms with Gasteiger partial charge in [-0.3, -0.25) is 0 Å². The molecule has 0 saturated carbocycles. The van der Waals surface area contributed by atoms with Crippen molar-refractivity contribution in [2.45, 2.75) is 18.5 Å². The molecule has 1 aromatic heterocycles. The summed E-state index contributed by atoms with van der Waals surface area (Å²) in [5.74, 6) is -1.47. The fraction of sp³-hybridized carbons (Fsp3) is 0.250. The van der Waals surface area contributed by atoms with Gasteiger partial charge in [0.05, 0.1) is 22.0 Å². The van der Waals surface area contributed by atoms with Crippen molar-refractivity contribution in [2.24, 2.45) is 0 Å². The Hall–Kier alpha value is -2.20. The highest BCUT2D eigenvalue weighted by atomic mass is 19.4. The summed E-state index contributed by atoms with van der Waals surface area (Å²) >= 11 is 0. The van der Waals surface area contributed by atoms with E-state index < -0.39 is 52.0 Å². The molecular formula is C12H4F9NO. The number of fused-ring (bicyclic) bond motifs is 1. The van der Waals surface area contributed by atoms with Gasteiger partial charge in [-0.05, 0) is 12.1 Å². The smallest absolute Gasteiger partial charge is 0.433 e. The second-order valence-corrected chi connectivity index (χ2v) is 4.44. The van der Waals surface area contributed by atoms with Crippen LogP contribution in [0.15, 0.2) is 18.2 Å². The summed E-state index contributed by atoms with van der Waals surface area (Å²) in [5.41, 5.74) is -6.83. The van der Waals surface area contributed by atoms with Crippen LogP contribution >= 0.6 is 0 Å². The molecule has 2 nitrogen and oxygen atoms in total. The largest absolute Gasteiger partial charge is 0.507 e. The fourth-order valence-electron chi connectivity index (χ4n) is 1.88. The van der Waals surface area contributed by atoms with Crippen molar-refractivity contribution in [3.8, 4) is 5.75 Å². The Morgan fingerprint density at radius 2 is 1.30 bits per heavy atom. The van der Waals surface area contributed by atoms with Crippen molar-refractivity contribution in [3.05, 3.63) is 35.0 Å². The van der Waals surface area contributed by atoms with E-state index in [2.05, 4.69) is 4.98 Å². The molecule has 0 unspecified atom stereocenters. The number of halogens is 9. The highest BCUT2D eigenvalue weighted by Gasteiger charge is 2.40. The second kappa shape index (κ2) is 4.90. The van der Waals surface area contributed by atoms with Gasteiger partial charge in [0.15, 0.2) is 0 Å². The van der Waals surface area contributed by atoms with Gasteiger partial charge in [0.2, 0.25) is 0 Å². The molecule has 0 atom stereocenters. The third-order valence-electron chi connectivity index (χ3n) is 2.81. The first-order valence-corrected chi connectivity index (χ1v) is 5.60. The zero-order valence-corrected chi connectivity index (χ0v) is 10.5. The monoisotopic (exact) mass is 349 g/mol. The van der Waals surface area contributed by atoms with Gasteiger partial charge in [0, 0.05) is 6.07 Å². The van der Waals surface area contributed by atoms with Gasteiger partial charge < -0.3 is 5.11 Å². The number of hydrogen-bond acceptors (Lipinski definition) is 2. The maximum Gasteiger partial charge on any atom is 0.433 e. The summed E-state index contributed by atoms with van der Waals surface area (Å²) in [4.78, 5) is 2.77. The van der Waals surface area contributed by atoms with E-state index in [0.717, 1.165) is 0 Å². The van der Waals surface area contributed by atoms with Crippen LogP contribution in [0.3, 0.4) is 0 Å². The first-order chi connectivity index (χ1) is 10.2. The van der Waals surface area contributed by atoms with Gasteiger partial charge in [-0.25, -0.2) is 4.98 Å². The third kappa shape index (κ3) is 3.27. The quantitative estimate of drug-likeness (QED) is 0.680. The van der Waals surface area contributed by atoms with Crippen molar-refractivity contribution in [3.63, 3.8) is 0 Å². The maximum absolute atomic E-state index is 12.9. The van der Waals surface area contributed by atoms with E-state index in [9.17, 15) is 44.6 Å². The normalized spacial score (nSPS) is 13.6. The van der Waals surface area contributed by atoms with Gasteiger partial charge in [-0.2, -0.15) is 39.5 Å². The molecule has 1 heterocycles. The zero-order valence-electron chi connectivity index (χ0n) is 10.5. The molecule has 1 N–H and O–H groups in total. The van der Waals surface area contributed by atoms with E-state index >= 15 is 0 Å². The minimum atomic E-state index is -5.33. The van der Waals surface area contributed by atoms with E-state index in [4.69, 9.17) is 0 Å². The molecule has 0 aliphatic heterocycles. The molecule has 23 heavy (non-hydrogen) atoms. The van der Waals surface area contributed by atoms with Crippen LogP contribution in [-0.4, -0.2) is 10.1 Å². The van der Waals surface area contributed by atoms with Crippen molar-refractivity contribution >= 4 is 10.9 Å². The van der Waals surface area contributed by atoms with Crippen LogP contribution in [0.2, 0.25) is 0 Å². The third-order valence-corrected chi connectivity index (χ3v) is 2.81. The van der Waals surface area contributed by atoms with Crippen LogP contribution in [0.4, 0.5) is 39.5 Å². The molecule has 2 rings (SSSR count). The lowest BCUT2D eigenvalue weighted by Crippen LogP contribution is -2.13. The highest BCUT2D eigenvalue weighted by Crippen LogP contribution is 2.43. The van der Waals surface area contributed by atoms with Crippen molar-refractivity contribution in [1.82, 2.24) is 4.98 Å². The highest BCUT2D eigenvalue weighted by molar-refractivity contribution is 5.89. The number of hydrogen-bond donors (Lipinski definition) is 1. The first kappa shape index (κ1) is 17.2. The Kier molecular flexibility index (Phi) is 3.65.